The molecule has 0 aromatic carbocycles. The molecule has 1 aliphatic carbocycles. The number of pyridine rings is 1. The van der Waals surface area contributed by atoms with Crippen molar-refractivity contribution in [2.45, 2.75) is 52.1 Å². The van der Waals surface area contributed by atoms with E-state index < -0.39 is 0 Å². The number of nitrogens with one attached hydrogen (secondary N) is 1. The van der Waals surface area contributed by atoms with Crippen LogP contribution in [0.1, 0.15) is 45.1 Å². The summed E-state index contributed by atoms with van der Waals surface area (Å²) in [5.41, 5.74) is 3.25. The van der Waals surface area contributed by atoms with Crippen LogP contribution < -0.4 is 10.2 Å². The summed E-state index contributed by atoms with van der Waals surface area (Å²) < 4.78 is 0. The molecule has 19 heavy (non-hydrogen) atoms. The Morgan fingerprint density at radius 3 is 2.74 bits per heavy atom. The molecule has 3 nitrogen and oxygen atoms in total. The fraction of sp³-hybridized carbons (Fsp3) is 0.688. The number of nitrogens with zero attached hydrogens (tertiary/aromatic N) is 2. The van der Waals surface area contributed by atoms with Crippen LogP contribution in [0.4, 0.5) is 5.69 Å². The van der Waals surface area contributed by atoms with Crippen LogP contribution in [0, 0.1) is 5.41 Å². The van der Waals surface area contributed by atoms with E-state index in [4.69, 9.17) is 0 Å². The minimum Gasteiger partial charge on any atom is -0.370 e. The summed E-state index contributed by atoms with van der Waals surface area (Å²) in [5.74, 6) is 0. The number of anilines is 1. The van der Waals surface area contributed by atoms with Gasteiger partial charge in [-0.1, -0.05) is 13.8 Å². The van der Waals surface area contributed by atoms with Crippen LogP contribution in [-0.4, -0.2) is 24.1 Å². The lowest BCUT2D eigenvalue weighted by molar-refractivity contribution is 0.279. The van der Waals surface area contributed by atoms with Crippen LogP contribution in [0.2, 0.25) is 0 Å². The fourth-order valence-corrected chi connectivity index (χ4v) is 2.74. The van der Waals surface area contributed by atoms with E-state index in [0.29, 0.717) is 5.41 Å². The predicted molar refractivity (Wildman–Crippen MR) is 79.3 cm³/mol. The van der Waals surface area contributed by atoms with E-state index >= 15 is 0 Å². The van der Waals surface area contributed by atoms with Crippen molar-refractivity contribution in [1.29, 1.82) is 0 Å². The fourth-order valence-electron chi connectivity index (χ4n) is 2.74. The Balaban J connectivity index is 1.69. The lowest BCUT2D eigenvalue weighted by Gasteiger charge is -2.38. The molecular weight excluding hydrogens is 234 g/mol. The maximum Gasteiger partial charge on any atom is 0.0598 e. The second-order valence-electron chi connectivity index (χ2n) is 6.81. The quantitative estimate of drug-likeness (QED) is 0.901. The molecule has 104 valence electrons. The molecule has 1 saturated carbocycles. The standard InChI is InChI=1S/C16H25N3/c1-16(2)6-9-19(10-7-16)15-12-17-8-5-13(15)11-18-14-3-4-14/h5,8,12,14,18H,3-4,6-7,9-11H2,1-2H3. The van der Waals surface area contributed by atoms with Crippen LogP contribution in [0.3, 0.4) is 0 Å². The molecule has 1 saturated heterocycles. The van der Waals surface area contributed by atoms with Gasteiger partial charge >= 0.3 is 0 Å². The highest BCUT2D eigenvalue weighted by molar-refractivity contribution is 5.52. The lowest BCUT2D eigenvalue weighted by Crippen LogP contribution is -2.38. The number of rotatable bonds is 4. The molecule has 0 bridgehead atoms. The topological polar surface area (TPSA) is 28.2 Å². The van der Waals surface area contributed by atoms with E-state index in [2.05, 4.69) is 35.1 Å². The SMILES string of the molecule is CC1(C)CCN(c2cnccc2CNC2CC2)CC1. The maximum absolute atomic E-state index is 4.33. The zero-order valence-corrected chi connectivity index (χ0v) is 12.2. The molecule has 1 N–H and O–H groups in total. The van der Waals surface area contributed by atoms with Crippen molar-refractivity contribution in [3.8, 4) is 0 Å². The monoisotopic (exact) mass is 259 g/mol. The van der Waals surface area contributed by atoms with Crippen molar-refractivity contribution < 1.29 is 0 Å². The summed E-state index contributed by atoms with van der Waals surface area (Å²) in [6, 6.07) is 2.94. The molecule has 0 amide bonds. The molecule has 3 heteroatoms. The van der Waals surface area contributed by atoms with Gasteiger partial charge in [-0.3, -0.25) is 4.98 Å². The van der Waals surface area contributed by atoms with Crippen molar-refractivity contribution >= 4 is 5.69 Å². The summed E-state index contributed by atoms with van der Waals surface area (Å²) >= 11 is 0. The number of hydrogen-bond donors (Lipinski definition) is 1. The first-order chi connectivity index (χ1) is 9.14. The second-order valence-corrected chi connectivity index (χ2v) is 6.81. The summed E-state index contributed by atoms with van der Waals surface area (Å²) in [5, 5.41) is 3.61. The smallest absolute Gasteiger partial charge is 0.0598 e. The molecule has 0 unspecified atom stereocenters. The van der Waals surface area contributed by atoms with Gasteiger partial charge in [0.2, 0.25) is 0 Å². The van der Waals surface area contributed by atoms with Gasteiger partial charge in [-0.2, -0.15) is 0 Å². The average molecular weight is 259 g/mol. The van der Waals surface area contributed by atoms with Gasteiger partial charge in [-0.15, -0.1) is 0 Å². The highest BCUT2D eigenvalue weighted by atomic mass is 15.1. The zero-order chi connectivity index (χ0) is 13.3. The van der Waals surface area contributed by atoms with E-state index in [0.717, 1.165) is 25.7 Å². The zero-order valence-electron chi connectivity index (χ0n) is 12.2. The predicted octanol–water partition coefficient (Wildman–Crippen LogP) is 2.96. The number of aromatic nitrogens is 1. The Morgan fingerprint density at radius 1 is 1.32 bits per heavy atom. The third-order valence-electron chi connectivity index (χ3n) is 4.50. The minimum absolute atomic E-state index is 0.505. The van der Waals surface area contributed by atoms with Crippen molar-refractivity contribution in [3.63, 3.8) is 0 Å². The molecule has 1 aromatic heterocycles. The second kappa shape index (κ2) is 5.12. The summed E-state index contributed by atoms with van der Waals surface area (Å²) in [4.78, 5) is 6.85. The summed E-state index contributed by atoms with van der Waals surface area (Å²) in [7, 11) is 0. The van der Waals surface area contributed by atoms with Gasteiger partial charge < -0.3 is 10.2 Å². The highest BCUT2D eigenvalue weighted by Crippen LogP contribution is 2.33. The summed E-state index contributed by atoms with van der Waals surface area (Å²) in [6.45, 7) is 8.07. The normalized spacial score (nSPS) is 22.5. The molecule has 1 aromatic rings. The molecule has 1 aliphatic heterocycles. The van der Waals surface area contributed by atoms with Gasteiger partial charge in [-0.25, -0.2) is 0 Å². The molecule has 2 heterocycles. The van der Waals surface area contributed by atoms with Gasteiger partial charge in [0.1, 0.15) is 0 Å². The van der Waals surface area contributed by atoms with Crippen LogP contribution in [-0.2, 0) is 6.54 Å². The van der Waals surface area contributed by atoms with Gasteiger partial charge in [-0.05, 0) is 42.7 Å². The third kappa shape index (κ3) is 3.27. The molecular formula is C16H25N3. The maximum atomic E-state index is 4.33. The average Bonchev–Trinajstić information content (AvgIpc) is 3.21. The molecule has 0 spiro atoms. The van der Waals surface area contributed by atoms with Crippen LogP contribution in [0.15, 0.2) is 18.5 Å². The van der Waals surface area contributed by atoms with E-state index in [1.807, 2.05) is 12.4 Å². The Bertz CT molecular complexity index is 427. The Kier molecular flexibility index (Phi) is 3.48. The number of hydrogen-bond acceptors (Lipinski definition) is 3. The Hall–Kier alpha value is -1.09. The summed E-state index contributed by atoms with van der Waals surface area (Å²) in [6.07, 6.45) is 9.20. The molecule has 3 rings (SSSR count). The largest absolute Gasteiger partial charge is 0.370 e. The van der Waals surface area contributed by atoms with Crippen LogP contribution in [0.25, 0.3) is 0 Å². The molecule has 2 aliphatic rings. The van der Waals surface area contributed by atoms with Crippen molar-refractivity contribution in [3.05, 3.63) is 24.0 Å². The van der Waals surface area contributed by atoms with Gasteiger partial charge in [0.25, 0.3) is 0 Å². The van der Waals surface area contributed by atoms with E-state index in [1.54, 1.807) is 0 Å². The molecule has 0 atom stereocenters. The lowest BCUT2D eigenvalue weighted by atomic mass is 9.82. The Labute approximate surface area is 116 Å². The van der Waals surface area contributed by atoms with Crippen LogP contribution >= 0.6 is 0 Å². The van der Waals surface area contributed by atoms with Crippen molar-refractivity contribution in [1.82, 2.24) is 10.3 Å². The van der Waals surface area contributed by atoms with Crippen molar-refractivity contribution in [2.24, 2.45) is 5.41 Å². The van der Waals surface area contributed by atoms with Crippen LogP contribution in [0.5, 0.6) is 0 Å². The van der Waals surface area contributed by atoms with Gasteiger partial charge in [0.05, 0.1) is 11.9 Å². The molecule has 0 radical (unpaired) electrons. The van der Waals surface area contributed by atoms with Crippen molar-refractivity contribution in [2.75, 3.05) is 18.0 Å². The highest BCUT2D eigenvalue weighted by Gasteiger charge is 2.27. The van der Waals surface area contributed by atoms with E-state index in [-0.39, 0.29) is 0 Å². The van der Waals surface area contributed by atoms with E-state index in [1.165, 1.54) is 36.9 Å². The van der Waals surface area contributed by atoms with Gasteiger partial charge in [0, 0.05) is 31.9 Å². The third-order valence-corrected chi connectivity index (χ3v) is 4.50. The van der Waals surface area contributed by atoms with Gasteiger partial charge in [0.15, 0.2) is 0 Å². The van der Waals surface area contributed by atoms with E-state index in [9.17, 15) is 0 Å². The number of piperidine rings is 1. The Morgan fingerprint density at radius 2 is 2.05 bits per heavy atom. The minimum atomic E-state index is 0.505. The first-order valence-electron chi connectivity index (χ1n) is 7.55. The molecule has 2 fully saturated rings. The first kappa shape index (κ1) is 12.9. The first-order valence-corrected chi connectivity index (χ1v) is 7.55.